The second-order valence-corrected chi connectivity index (χ2v) is 13.8. The number of halogens is 3. The lowest BCUT2D eigenvalue weighted by Crippen LogP contribution is -2.59. The topological polar surface area (TPSA) is 86.6 Å². The lowest BCUT2D eigenvalue weighted by molar-refractivity contribution is -0.138. The number of benzene rings is 2. The fraction of sp³-hybridized carbons (Fsp3) is 0.571. The van der Waals surface area contributed by atoms with Crippen LogP contribution in [0.4, 0.5) is 24.5 Å². The number of rotatable bonds is 9. The maximum Gasteiger partial charge on any atom is 0.416 e. The molecule has 0 saturated carbocycles. The summed E-state index contributed by atoms with van der Waals surface area (Å²) in [6.45, 7) is 25.8. The summed E-state index contributed by atoms with van der Waals surface area (Å²) in [5.41, 5.74) is 1.25. The van der Waals surface area contributed by atoms with E-state index in [0.717, 1.165) is 30.9 Å². The maximum atomic E-state index is 14.1. The van der Waals surface area contributed by atoms with Crippen LogP contribution in [0.15, 0.2) is 55.4 Å². The molecule has 9 nitrogen and oxygen atoms in total. The summed E-state index contributed by atoms with van der Waals surface area (Å²) in [5, 5.41) is 11.0. The van der Waals surface area contributed by atoms with Gasteiger partial charge in [0.25, 0.3) is 5.91 Å². The largest absolute Gasteiger partial charge is 0.416 e. The van der Waals surface area contributed by atoms with Crippen molar-refractivity contribution in [3.8, 4) is 0 Å². The van der Waals surface area contributed by atoms with Gasteiger partial charge in [0.1, 0.15) is 12.2 Å². The van der Waals surface area contributed by atoms with Gasteiger partial charge in [-0.05, 0) is 73.3 Å². The monoisotopic (exact) mass is 756 g/mol. The van der Waals surface area contributed by atoms with E-state index < -0.39 is 17.6 Å². The first-order valence-electron chi connectivity index (χ1n) is 19.6. The molecule has 2 aromatic carbocycles. The number of hydrogen-bond acceptors (Lipinski definition) is 6. The van der Waals surface area contributed by atoms with Crippen LogP contribution < -0.4 is 10.2 Å². The Labute approximate surface area is 322 Å². The van der Waals surface area contributed by atoms with Gasteiger partial charge in [0.15, 0.2) is 0 Å². The quantitative estimate of drug-likeness (QED) is 0.219. The normalized spacial score (nSPS) is 15.9. The van der Waals surface area contributed by atoms with Crippen molar-refractivity contribution in [2.24, 2.45) is 18.4 Å². The van der Waals surface area contributed by atoms with Crippen molar-refractivity contribution in [1.82, 2.24) is 24.6 Å². The Balaban J connectivity index is 0.000000469. The first kappa shape index (κ1) is 46.0. The van der Waals surface area contributed by atoms with Gasteiger partial charge in [-0.25, -0.2) is 0 Å². The highest BCUT2D eigenvalue weighted by Crippen LogP contribution is 2.42. The third kappa shape index (κ3) is 11.9. The minimum atomic E-state index is -4.56. The number of carbonyl (C=O) groups is 2. The Morgan fingerprint density at radius 2 is 1.72 bits per heavy atom. The Bertz CT molecular complexity index is 1630. The summed E-state index contributed by atoms with van der Waals surface area (Å²) in [7, 11) is 1.98. The molecular weight excluding hydrogens is 692 g/mol. The van der Waals surface area contributed by atoms with Crippen molar-refractivity contribution < 1.29 is 22.8 Å². The van der Waals surface area contributed by atoms with Gasteiger partial charge in [0.2, 0.25) is 5.91 Å². The van der Waals surface area contributed by atoms with E-state index in [1.165, 1.54) is 29.9 Å². The summed E-state index contributed by atoms with van der Waals surface area (Å²) in [4.78, 5) is 30.4. The highest BCUT2D eigenvalue weighted by molar-refractivity contribution is 6.10. The Morgan fingerprint density at radius 3 is 2.28 bits per heavy atom. The average Bonchev–Trinajstić information content (AvgIpc) is 3.86. The van der Waals surface area contributed by atoms with Crippen molar-refractivity contribution in [3.05, 3.63) is 83.5 Å². The molecule has 2 saturated heterocycles. The van der Waals surface area contributed by atoms with Gasteiger partial charge < -0.3 is 19.7 Å². The van der Waals surface area contributed by atoms with E-state index in [9.17, 15) is 22.8 Å². The molecule has 3 aliphatic rings. The predicted octanol–water partition coefficient (Wildman–Crippen LogP) is 9.39. The minimum Gasteiger partial charge on any atom is -0.385 e. The van der Waals surface area contributed by atoms with Crippen molar-refractivity contribution in [1.29, 1.82) is 0 Å². The number of anilines is 2. The van der Waals surface area contributed by atoms with Gasteiger partial charge in [-0.2, -0.15) is 13.2 Å². The molecule has 1 N–H and O–H groups in total. The molecule has 0 radical (unpaired) electrons. The molecule has 6 rings (SSSR count). The molecule has 0 bridgehead atoms. The zero-order valence-corrected chi connectivity index (χ0v) is 34.3. The van der Waals surface area contributed by atoms with E-state index in [-0.39, 0.29) is 29.0 Å². The highest BCUT2D eigenvalue weighted by atomic mass is 19.4. The van der Waals surface area contributed by atoms with Gasteiger partial charge in [-0.15, -0.1) is 10.2 Å². The summed E-state index contributed by atoms with van der Waals surface area (Å²) in [5.74, 6) is 1.28. The molecule has 3 aliphatic heterocycles. The fourth-order valence-corrected chi connectivity index (χ4v) is 6.68. The second-order valence-electron chi connectivity index (χ2n) is 13.8. The smallest absolute Gasteiger partial charge is 0.385 e. The van der Waals surface area contributed by atoms with Crippen molar-refractivity contribution in [3.63, 3.8) is 0 Å². The number of nitrogens with zero attached hydrogens (tertiary/aromatic N) is 6. The molecule has 300 valence electrons. The minimum absolute atomic E-state index is 0.00752. The number of likely N-dealkylation sites (tertiary alicyclic amines) is 2. The van der Waals surface area contributed by atoms with Crippen molar-refractivity contribution >= 4 is 23.2 Å². The Kier molecular flexibility index (Phi) is 18.4. The molecule has 0 aliphatic carbocycles. The van der Waals surface area contributed by atoms with Crippen LogP contribution in [0.2, 0.25) is 0 Å². The zero-order valence-electron chi connectivity index (χ0n) is 34.3. The van der Waals surface area contributed by atoms with E-state index in [1.807, 2.05) is 52.3 Å². The lowest BCUT2D eigenvalue weighted by Gasteiger charge is -2.47. The maximum absolute atomic E-state index is 14.1. The summed E-state index contributed by atoms with van der Waals surface area (Å²) < 4.78 is 44.3. The van der Waals surface area contributed by atoms with Crippen LogP contribution in [0.25, 0.3) is 0 Å². The molecule has 4 heterocycles. The molecule has 12 heteroatoms. The molecule has 2 amide bonds. The first-order valence-corrected chi connectivity index (χ1v) is 19.6. The number of carbonyl (C=O) groups excluding carboxylic acids is 2. The number of nitrogens with one attached hydrogen (secondary N) is 1. The highest BCUT2D eigenvalue weighted by Gasteiger charge is 2.49. The van der Waals surface area contributed by atoms with Crippen LogP contribution in [-0.2, 0) is 37.5 Å². The van der Waals surface area contributed by atoms with Crippen LogP contribution in [0, 0.1) is 11.3 Å². The molecule has 1 aromatic heterocycles. The van der Waals surface area contributed by atoms with Crippen molar-refractivity contribution in [2.45, 2.75) is 107 Å². The van der Waals surface area contributed by atoms with Crippen molar-refractivity contribution in [2.75, 3.05) is 42.9 Å². The number of aromatic nitrogens is 3. The SMILES string of the molecule is C=CC(=O)N1CC2(CCN(Cc3cc4c(c(C(F)(F)F)c3)CN(c3cccc(NCC)c3)C4=O)C2)C1.CC.CC.CCC.CCC(C)Cc1nncn1C. The standard InChI is InChI=1S/C27H29F3N4O2.C8H15N3.C3H8.2C2H6/c1-3-24(35)33-16-26(17-33)8-9-32(15-26)13-18-10-21-22(23(11-18)27(28,29)30)14-34(25(21)36)20-7-5-6-19(12-20)31-4-2;1-4-7(2)5-8-10-9-6-11(8)3;1-3-2;2*1-2/h3,5-7,10-12,31H,1,4,8-9,13-17H2,2H3;6-7H,4-5H2,1-3H3;3H2,1-2H3;2*1-2H3. The van der Waals surface area contributed by atoms with E-state index in [2.05, 4.69) is 54.7 Å². The fourth-order valence-electron chi connectivity index (χ4n) is 6.68. The number of aryl methyl sites for hydroxylation is 1. The van der Waals surface area contributed by atoms with Gasteiger partial charge in [0, 0.05) is 68.5 Å². The molecule has 3 aromatic rings. The molecule has 1 atom stereocenters. The second kappa shape index (κ2) is 21.6. The van der Waals surface area contributed by atoms with E-state index >= 15 is 0 Å². The van der Waals surface area contributed by atoms with Gasteiger partial charge in [0.05, 0.1) is 12.1 Å². The average molecular weight is 756 g/mol. The zero-order chi connectivity index (χ0) is 40.6. The Hall–Kier alpha value is -4.19. The number of alkyl halides is 3. The third-order valence-electron chi connectivity index (χ3n) is 9.44. The van der Waals surface area contributed by atoms with E-state index in [0.29, 0.717) is 49.9 Å². The van der Waals surface area contributed by atoms with Crippen LogP contribution >= 0.6 is 0 Å². The van der Waals surface area contributed by atoms with Gasteiger partial charge >= 0.3 is 6.18 Å². The van der Waals surface area contributed by atoms with Crippen LogP contribution in [0.3, 0.4) is 0 Å². The molecule has 1 unspecified atom stereocenters. The van der Waals surface area contributed by atoms with E-state index in [1.54, 1.807) is 35.5 Å². The predicted molar refractivity (Wildman–Crippen MR) is 214 cm³/mol. The molecule has 54 heavy (non-hydrogen) atoms. The summed E-state index contributed by atoms with van der Waals surface area (Å²) >= 11 is 0. The third-order valence-corrected chi connectivity index (χ3v) is 9.44. The Morgan fingerprint density at radius 1 is 1.06 bits per heavy atom. The summed E-state index contributed by atoms with van der Waals surface area (Å²) in [6.07, 6.45) is 2.87. The van der Waals surface area contributed by atoms with Crippen LogP contribution in [0.1, 0.15) is 114 Å². The molecule has 1 spiro atoms. The van der Waals surface area contributed by atoms with Gasteiger partial charge in [-0.3, -0.25) is 14.5 Å². The van der Waals surface area contributed by atoms with E-state index in [4.69, 9.17) is 0 Å². The van der Waals surface area contributed by atoms with Gasteiger partial charge in [-0.1, -0.05) is 80.9 Å². The molecule has 2 fully saturated rings. The van der Waals surface area contributed by atoms with Crippen LogP contribution in [0.5, 0.6) is 0 Å². The lowest BCUT2D eigenvalue weighted by atomic mass is 9.79. The number of amides is 2. The van der Waals surface area contributed by atoms with Crippen LogP contribution in [-0.4, -0.2) is 69.1 Å². The first-order chi connectivity index (χ1) is 25.8. The number of fused-ring (bicyclic) bond motifs is 1. The number of hydrogen-bond donors (Lipinski definition) is 1. The summed E-state index contributed by atoms with van der Waals surface area (Å²) in [6, 6.07) is 9.99. The molecular formula is C42H64F3N7O2.